The van der Waals surface area contributed by atoms with E-state index in [0.717, 1.165) is 36.9 Å². The highest BCUT2D eigenvalue weighted by atomic mass is 35.5. The van der Waals surface area contributed by atoms with E-state index in [0.29, 0.717) is 5.75 Å². The summed E-state index contributed by atoms with van der Waals surface area (Å²) in [7, 11) is 2.52. The van der Waals surface area contributed by atoms with E-state index in [1.54, 1.807) is 12.1 Å². The Morgan fingerprint density at radius 3 is 2.67 bits per heavy atom. The van der Waals surface area contributed by atoms with Crippen LogP contribution in [-0.4, -0.2) is 24.0 Å². The highest BCUT2D eigenvalue weighted by molar-refractivity contribution is 7.27. The predicted octanol–water partition coefficient (Wildman–Crippen LogP) is 2.74. The minimum atomic E-state index is -0.0429. The van der Waals surface area contributed by atoms with Gasteiger partial charge in [0.05, 0.1) is 0 Å². The Hall–Kier alpha value is -0.990. The highest BCUT2D eigenvalue weighted by Gasteiger charge is 2.16. The first-order chi connectivity index (χ1) is 8.70. The number of carbonyl (C=O) groups excluding carboxylic acids is 1. The van der Waals surface area contributed by atoms with Crippen LogP contribution in [0.5, 0.6) is 5.75 Å². The maximum atomic E-state index is 12.0. The van der Waals surface area contributed by atoms with Crippen molar-refractivity contribution in [3.8, 4) is 5.75 Å². The number of piperidine rings is 1. The molecule has 4 nitrogen and oxygen atoms in total. The van der Waals surface area contributed by atoms with Crippen molar-refractivity contribution in [3.63, 3.8) is 0 Å². The Labute approximate surface area is 114 Å². The van der Waals surface area contributed by atoms with Crippen LogP contribution in [0.1, 0.15) is 19.3 Å². The average molecular weight is 287 g/mol. The monoisotopic (exact) mass is 286 g/mol. The van der Waals surface area contributed by atoms with E-state index in [-0.39, 0.29) is 6.03 Å². The Balaban J connectivity index is 2.00. The first-order valence-electron chi connectivity index (χ1n) is 5.95. The Morgan fingerprint density at radius 1 is 1.33 bits per heavy atom. The van der Waals surface area contributed by atoms with Crippen LogP contribution in [0, 0.1) is 0 Å². The second-order valence-corrected chi connectivity index (χ2v) is 5.08. The number of halogens is 1. The number of urea groups is 1. The lowest BCUT2D eigenvalue weighted by atomic mass is 10.1. The molecule has 1 aromatic carbocycles. The van der Waals surface area contributed by atoms with Gasteiger partial charge in [-0.15, -0.1) is 9.24 Å². The molecule has 1 aliphatic heterocycles. The molecule has 0 spiro atoms. The minimum absolute atomic E-state index is 0.0429. The topological polar surface area (TPSA) is 41.6 Å². The zero-order chi connectivity index (χ0) is 13.0. The zero-order valence-corrected chi connectivity index (χ0v) is 11.9. The Kier molecular flexibility index (Phi) is 4.67. The summed E-state index contributed by atoms with van der Waals surface area (Å²) in [4.78, 5) is 13.8. The van der Waals surface area contributed by atoms with Crippen LogP contribution in [0.4, 0.5) is 10.5 Å². The third-order valence-corrected chi connectivity index (χ3v) is 3.60. The second kappa shape index (κ2) is 6.26. The molecule has 0 radical (unpaired) electrons. The number of nitrogens with one attached hydrogen (secondary N) is 1. The van der Waals surface area contributed by atoms with Crippen molar-refractivity contribution >= 4 is 38.1 Å². The van der Waals surface area contributed by atoms with Crippen LogP contribution >= 0.6 is 21.1 Å². The molecule has 6 heteroatoms. The molecule has 98 valence electrons. The lowest BCUT2D eigenvalue weighted by Gasteiger charge is -2.26. The molecule has 2 rings (SSSR count). The molecule has 0 bridgehead atoms. The summed E-state index contributed by atoms with van der Waals surface area (Å²) in [6.45, 7) is 1.67. The SMILES string of the molecule is O=C(Nc1ccc(OCl)c(P)c1)N1CCCCC1. The summed E-state index contributed by atoms with van der Waals surface area (Å²) in [6.07, 6.45) is 3.38. The largest absolute Gasteiger partial charge is 0.385 e. The lowest BCUT2D eigenvalue weighted by molar-refractivity contribution is 0.200. The van der Waals surface area contributed by atoms with Crippen molar-refractivity contribution in [2.75, 3.05) is 18.4 Å². The molecule has 1 aliphatic rings. The summed E-state index contributed by atoms with van der Waals surface area (Å²) < 4.78 is 4.65. The number of nitrogens with zero attached hydrogens (tertiary/aromatic N) is 1. The van der Waals surface area contributed by atoms with Crippen LogP contribution in [0.15, 0.2) is 18.2 Å². The zero-order valence-electron chi connectivity index (χ0n) is 9.99. The number of anilines is 1. The van der Waals surface area contributed by atoms with E-state index in [1.165, 1.54) is 6.42 Å². The van der Waals surface area contributed by atoms with Gasteiger partial charge in [0.1, 0.15) is 11.9 Å². The molecular formula is C12H16ClN2O2P. The highest BCUT2D eigenvalue weighted by Crippen LogP contribution is 2.18. The molecule has 0 aromatic heterocycles. The number of likely N-dealkylation sites (tertiary alicyclic amines) is 1. The van der Waals surface area contributed by atoms with Crippen molar-refractivity contribution < 1.29 is 9.08 Å². The molecule has 2 amide bonds. The van der Waals surface area contributed by atoms with Gasteiger partial charge in [0, 0.05) is 24.1 Å². The fraction of sp³-hybridized carbons (Fsp3) is 0.417. The summed E-state index contributed by atoms with van der Waals surface area (Å²) >= 11 is 5.30. The fourth-order valence-corrected chi connectivity index (χ4v) is 2.55. The number of rotatable bonds is 2. The lowest BCUT2D eigenvalue weighted by Crippen LogP contribution is -2.38. The minimum Gasteiger partial charge on any atom is -0.385 e. The van der Waals surface area contributed by atoms with E-state index in [9.17, 15) is 4.79 Å². The Morgan fingerprint density at radius 2 is 2.06 bits per heavy atom. The molecule has 1 saturated heterocycles. The molecule has 18 heavy (non-hydrogen) atoms. The van der Waals surface area contributed by atoms with E-state index < -0.39 is 0 Å². The first-order valence-corrected chi connectivity index (χ1v) is 6.83. The molecule has 1 heterocycles. The molecule has 1 unspecified atom stereocenters. The summed E-state index contributed by atoms with van der Waals surface area (Å²) in [6, 6.07) is 5.26. The summed E-state index contributed by atoms with van der Waals surface area (Å²) in [5.41, 5.74) is 0.744. The second-order valence-electron chi connectivity index (χ2n) is 4.31. The molecule has 1 atom stereocenters. The summed E-state index contributed by atoms with van der Waals surface area (Å²) in [5, 5.41) is 3.69. The maximum absolute atomic E-state index is 12.0. The van der Waals surface area contributed by atoms with Gasteiger partial charge >= 0.3 is 6.03 Å². The van der Waals surface area contributed by atoms with Crippen LogP contribution < -0.4 is 14.9 Å². The van der Waals surface area contributed by atoms with Gasteiger partial charge in [-0.1, -0.05) is 0 Å². The van der Waals surface area contributed by atoms with Gasteiger partial charge in [0.15, 0.2) is 5.75 Å². The van der Waals surface area contributed by atoms with Gasteiger partial charge in [-0.25, -0.2) is 4.79 Å². The standard InChI is InChI=1S/C12H16ClN2O2P/c13-17-10-5-4-9(8-11(10)18)14-12(16)15-6-2-1-3-7-15/h4-5,8H,1-3,6-7,18H2,(H,14,16). The van der Waals surface area contributed by atoms with Gasteiger partial charge in [0.2, 0.25) is 0 Å². The Bertz CT molecular complexity index is 436. The van der Waals surface area contributed by atoms with Crippen LogP contribution in [0.3, 0.4) is 0 Å². The van der Waals surface area contributed by atoms with Crippen LogP contribution in [-0.2, 0) is 0 Å². The summed E-state index contributed by atoms with van der Waals surface area (Å²) in [5.74, 6) is 0.567. The third kappa shape index (κ3) is 3.27. The van der Waals surface area contributed by atoms with E-state index in [4.69, 9.17) is 11.9 Å². The third-order valence-electron chi connectivity index (χ3n) is 2.99. The molecule has 1 N–H and O–H groups in total. The number of benzene rings is 1. The van der Waals surface area contributed by atoms with Gasteiger partial charge in [-0.3, -0.25) is 0 Å². The van der Waals surface area contributed by atoms with E-state index >= 15 is 0 Å². The van der Waals surface area contributed by atoms with Crippen molar-refractivity contribution in [2.45, 2.75) is 19.3 Å². The van der Waals surface area contributed by atoms with Crippen molar-refractivity contribution in [2.24, 2.45) is 0 Å². The molecule has 1 fully saturated rings. The van der Waals surface area contributed by atoms with Crippen LogP contribution in [0.2, 0.25) is 0 Å². The van der Waals surface area contributed by atoms with Gasteiger partial charge in [0.25, 0.3) is 0 Å². The van der Waals surface area contributed by atoms with E-state index in [1.807, 2.05) is 11.0 Å². The van der Waals surface area contributed by atoms with Gasteiger partial charge in [-0.2, -0.15) is 0 Å². The number of hydrogen-bond acceptors (Lipinski definition) is 2. The normalized spacial score (nSPS) is 15.3. The number of hydrogen-bond donors (Lipinski definition) is 1. The van der Waals surface area contributed by atoms with Crippen LogP contribution in [0.25, 0.3) is 0 Å². The predicted molar refractivity (Wildman–Crippen MR) is 76.7 cm³/mol. The molecule has 1 aromatic rings. The smallest absolute Gasteiger partial charge is 0.321 e. The maximum Gasteiger partial charge on any atom is 0.321 e. The quantitative estimate of drug-likeness (QED) is 0.850. The number of carbonyl (C=O) groups is 1. The first kappa shape index (κ1) is 13.4. The average Bonchev–Trinajstić information content (AvgIpc) is 2.40. The van der Waals surface area contributed by atoms with Crippen molar-refractivity contribution in [3.05, 3.63) is 18.2 Å². The molecular weight excluding hydrogens is 271 g/mol. The van der Waals surface area contributed by atoms with Gasteiger partial charge < -0.3 is 14.5 Å². The molecule has 0 aliphatic carbocycles. The molecule has 0 saturated carbocycles. The fourth-order valence-electron chi connectivity index (χ4n) is 2.00. The van der Waals surface area contributed by atoms with Gasteiger partial charge in [-0.05, 0) is 37.5 Å². The van der Waals surface area contributed by atoms with Crippen molar-refractivity contribution in [1.82, 2.24) is 4.90 Å². The number of amides is 2. The van der Waals surface area contributed by atoms with Crippen molar-refractivity contribution in [1.29, 1.82) is 0 Å². The van der Waals surface area contributed by atoms with E-state index in [2.05, 4.69) is 18.8 Å².